The molecule has 1 heterocycles. The number of nitrogens with zero attached hydrogens (tertiary/aromatic N) is 3. The average molecular weight is 279 g/mol. The molecule has 1 saturated carbocycles. The van der Waals surface area contributed by atoms with E-state index in [0.717, 1.165) is 29.8 Å². The van der Waals surface area contributed by atoms with Gasteiger partial charge in [-0.2, -0.15) is 0 Å². The summed E-state index contributed by atoms with van der Waals surface area (Å²) in [4.78, 5) is 0. The van der Waals surface area contributed by atoms with E-state index in [0.29, 0.717) is 23.3 Å². The number of rotatable bonds is 4. The quantitative estimate of drug-likeness (QED) is 0.933. The first-order valence-corrected chi connectivity index (χ1v) is 6.58. The van der Waals surface area contributed by atoms with Crippen molar-refractivity contribution in [2.75, 3.05) is 12.8 Å². The minimum absolute atomic E-state index is 0.500. The third-order valence-corrected chi connectivity index (χ3v) is 3.56. The molecule has 1 aromatic heterocycles. The van der Waals surface area contributed by atoms with Crippen LogP contribution < -0.4 is 10.5 Å². The van der Waals surface area contributed by atoms with Gasteiger partial charge in [0.05, 0.1) is 19.3 Å². The van der Waals surface area contributed by atoms with Crippen molar-refractivity contribution >= 4 is 17.4 Å². The molecule has 1 aromatic carbocycles. The number of methoxy groups -OCH3 is 1. The smallest absolute Gasteiger partial charge is 0.169 e. The third-order valence-electron chi connectivity index (χ3n) is 3.33. The van der Waals surface area contributed by atoms with Gasteiger partial charge in [0, 0.05) is 16.5 Å². The fraction of sp³-hybridized carbons (Fsp3) is 0.385. The highest BCUT2D eigenvalue weighted by Crippen LogP contribution is 2.42. The molecule has 5 nitrogen and oxygen atoms in total. The average Bonchev–Trinajstić information content (AvgIpc) is 3.15. The Morgan fingerprint density at radius 3 is 2.95 bits per heavy atom. The number of hydrogen-bond acceptors (Lipinski definition) is 4. The molecule has 1 aliphatic carbocycles. The number of halogens is 1. The number of benzene rings is 1. The molecule has 3 rings (SSSR count). The van der Waals surface area contributed by atoms with E-state index in [4.69, 9.17) is 22.1 Å². The first-order valence-electron chi connectivity index (χ1n) is 6.20. The molecule has 0 atom stereocenters. The Kier molecular flexibility index (Phi) is 3.06. The highest BCUT2D eigenvalue weighted by Gasteiger charge is 2.30. The first-order chi connectivity index (χ1) is 9.19. The van der Waals surface area contributed by atoms with Crippen LogP contribution in [0.3, 0.4) is 0 Å². The summed E-state index contributed by atoms with van der Waals surface area (Å²) in [5.41, 5.74) is 7.89. The van der Waals surface area contributed by atoms with Crippen molar-refractivity contribution in [2.45, 2.75) is 25.3 Å². The Bertz CT molecular complexity index is 607. The van der Waals surface area contributed by atoms with E-state index in [-0.39, 0.29) is 0 Å². The molecular weight excluding hydrogens is 264 g/mol. The van der Waals surface area contributed by atoms with E-state index >= 15 is 0 Å². The maximum atomic E-state index is 6.03. The minimum atomic E-state index is 0.500. The molecule has 0 bridgehead atoms. The van der Waals surface area contributed by atoms with Crippen LogP contribution in [0.2, 0.25) is 5.02 Å². The normalized spacial score (nSPS) is 14.6. The predicted molar refractivity (Wildman–Crippen MR) is 73.5 cm³/mol. The van der Waals surface area contributed by atoms with E-state index < -0.39 is 0 Å². The standard InChI is InChI=1S/C13H15ClN4O/c1-19-11-5-4-10(14)6-9(11)7-18-12(8-2-3-8)13(15)16-17-18/h4-6,8H,2-3,7,15H2,1H3. The lowest BCUT2D eigenvalue weighted by Crippen LogP contribution is -2.08. The maximum absolute atomic E-state index is 6.03. The van der Waals surface area contributed by atoms with E-state index in [1.807, 2.05) is 16.8 Å². The van der Waals surface area contributed by atoms with Gasteiger partial charge >= 0.3 is 0 Å². The van der Waals surface area contributed by atoms with Crippen molar-refractivity contribution in [3.8, 4) is 5.75 Å². The fourth-order valence-electron chi connectivity index (χ4n) is 2.26. The number of ether oxygens (including phenoxy) is 1. The van der Waals surface area contributed by atoms with Gasteiger partial charge in [-0.3, -0.25) is 0 Å². The predicted octanol–water partition coefficient (Wildman–Crippen LogP) is 2.45. The minimum Gasteiger partial charge on any atom is -0.496 e. The van der Waals surface area contributed by atoms with Gasteiger partial charge in [-0.05, 0) is 31.0 Å². The Labute approximate surface area is 116 Å². The molecule has 0 aliphatic heterocycles. The number of nitrogen functional groups attached to an aromatic ring is 1. The van der Waals surface area contributed by atoms with Crippen LogP contribution in [-0.4, -0.2) is 22.1 Å². The molecule has 0 radical (unpaired) electrons. The van der Waals surface area contributed by atoms with Gasteiger partial charge in [0.15, 0.2) is 5.82 Å². The van der Waals surface area contributed by atoms with Crippen LogP contribution in [0.4, 0.5) is 5.82 Å². The molecule has 2 N–H and O–H groups in total. The molecule has 6 heteroatoms. The summed E-state index contributed by atoms with van der Waals surface area (Å²) in [6, 6.07) is 5.55. The number of aromatic nitrogens is 3. The first kappa shape index (κ1) is 12.3. The Morgan fingerprint density at radius 1 is 1.47 bits per heavy atom. The van der Waals surface area contributed by atoms with Crippen molar-refractivity contribution in [3.05, 3.63) is 34.5 Å². The lowest BCUT2D eigenvalue weighted by atomic mass is 10.2. The van der Waals surface area contributed by atoms with Crippen LogP contribution in [0.25, 0.3) is 0 Å². The third kappa shape index (κ3) is 2.38. The molecular formula is C13H15ClN4O. The summed E-state index contributed by atoms with van der Waals surface area (Å²) in [5.74, 6) is 1.82. The lowest BCUT2D eigenvalue weighted by molar-refractivity contribution is 0.406. The monoisotopic (exact) mass is 278 g/mol. The largest absolute Gasteiger partial charge is 0.496 e. The van der Waals surface area contributed by atoms with Crippen molar-refractivity contribution in [1.29, 1.82) is 0 Å². The summed E-state index contributed by atoms with van der Waals surface area (Å²) >= 11 is 6.03. The van der Waals surface area contributed by atoms with E-state index in [9.17, 15) is 0 Å². The summed E-state index contributed by atoms with van der Waals surface area (Å²) in [6.45, 7) is 0.569. The van der Waals surface area contributed by atoms with Crippen molar-refractivity contribution in [3.63, 3.8) is 0 Å². The summed E-state index contributed by atoms with van der Waals surface area (Å²) in [7, 11) is 1.64. The van der Waals surface area contributed by atoms with Gasteiger partial charge in [0.25, 0.3) is 0 Å². The summed E-state index contributed by atoms with van der Waals surface area (Å²) in [6.07, 6.45) is 2.31. The Balaban J connectivity index is 1.95. The molecule has 0 saturated heterocycles. The Morgan fingerprint density at radius 2 is 2.26 bits per heavy atom. The van der Waals surface area contributed by atoms with Gasteiger partial charge in [-0.25, -0.2) is 4.68 Å². The molecule has 0 spiro atoms. The Hall–Kier alpha value is -1.75. The van der Waals surface area contributed by atoms with Crippen molar-refractivity contribution in [2.24, 2.45) is 0 Å². The number of hydrogen-bond donors (Lipinski definition) is 1. The lowest BCUT2D eigenvalue weighted by Gasteiger charge is -2.10. The number of nitrogens with two attached hydrogens (primary N) is 1. The van der Waals surface area contributed by atoms with Crippen LogP contribution in [0, 0.1) is 0 Å². The van der Waals surface area contributed by atoms with E-state index in [1.165, 1.54) is 0 Å². The fourth-order valence-corrected chi connectivity index (χ4v) is 2.45. The van der Waals surface area contributed by atoms with Gasteiger partial charge < -0.3 is 10.5 Å². The second-order valence-corrected chi connectivity index (χ2v) is 5.18. The van der Waals surface area contributed by atoms with Gasteiger partial charge in [-0.15, -0.1) is 5.10 Å². The van der Waals surface area contributed by atoms with Crippen molar-refractivity contribution < 1.29 is 4.74 Å². The molecule has 0 unspecified atom stereocenters. The summed E-state index contributed by atoms with van der Waals surface area (Å²) in [5, 5.41) is 8.77. The zero-order valence-electron chi connectivity index (χ0n) is 10.6. The second kappa shape index (κ2) is 4.74. The number of anilines is 1. The van der Waals surface area contributed by atoms with Gasteiger partial charge in [0.1, 0.15) is 5.75 Å². The van der Waals surface area contributed by atoms with Crippen LogP contribution >= 0.6 is 11.6 Å². The zero-order chi connectivity index (χ0) is 13.4. The molecule has 1 fully saturated rings. The SMILES string of the molecule is COc1ccc(Cl)cc1Cn1nnc(N)c1C1CC1. The maximum Gasteiger partial charge on any atom is 0.169 e. The zero-order valence-corrected chi connectivity index (χ0v) is 11.4. The van der Waals surface area contributed by atoms with Crippen LogP contribution in [0.5, 0.6) is 5.75 Å². The van der Waals surface area contributed by atoms with Crippen LogP contribution in [0.1, 0.15) is 30.0 Å². The van der Waals surface area contributed by atoms with Crippen molar-refractivity contribution in [1.82, 2.24) is 15.0 Å². The van der Waals surface area contributed by atoms with Gasteiger partial charge in [-0.1, -0.05) is 16.8 Å². The molecule has 100 valence electrons. The van der Waals surface area contributed by atoms with E-state index in [1.54, 1.807) is 13.2 Å². The highest BCUT2D eigenvalue weighted by molar-refractivity contribution is 6.30. The molecule has 0 amide bonds. The summed E-state index contributed by atoms with van der Waals surface area (Å²) < 4.78 is 7.19. The topological polar surface area (TPSA) is 66.0 Å². The van der Waals surface area contributed by atoms with Crippen LogP contribution in [0.15, 0.2) is 18.2 Å². The molecule has 19 heavy (non-hydrogen) atoms. The molecule has 1 aliphatic rings. The second-order valence-electron chi connectivity index (χ2n) is 4.75. The van der Waals surface area contributed by atoms with Crippen LogP contribution in [-0.2, 0) is 6.54 Å². The van der Waals surface area contributed by atoms with E-state index in [2.05, 4.69) is 10.3 Å². The highest BCUT2D eigenvalue weighted by atomic mass is 35.5. The van der Waals surface area contributed by atoms with Gasteiger partial charge in [0.2, 0.25) is 0 Å². The molecule has 2 aromatic rings.